The smallest absolute Gasteiger partial charge is 0.281 e. The third kappa shape index (κ3) is 4.20. The lowest BCUT2D eigenvalue weighted by atomic mass is 10.0. The number of anilines is 1. The highest BCUT2D eigenvalue weighted by Crippen LogP contribution is 2.29. The van der Waals surface area contributed by atoms with Gasteiger partial charge in [-0.15, -0.1) is 0 Å². The number of nitro benzene ring substituents is 1. The molecule has 31 heavy (non-hydrogen) atoms. The first-order valence-corrected chi connectivity index (χ1v) is 9.74. The van der Waals surface area contributed by atoms with Crippen LogP contribution in [0.1, 0.15) is 18.1 Å². The minimum Gasteiger partial charge on any atom is -0.494 e. The van der Waals surface area contributed by atoms with Crippen molar-refractivity contribution in [3.63, 3.8) is 0 Å². The minimum absolute atomic E-state index is 0.0483. The summed E-state index contributed by atoms with van der Waals surface area (Å²) in [6, 6.07) is 22.6. The molecule has 1 amide bonds. The second-order valence-corrected chi connectivity index (χ2v) is 6.77. The van der Waals surface area contributed by atoms with Crippen molar-refractivity contribution >= 4 is 29.1 Å². The molecule has 0 spiro atoms. The van der Waals surface area contributed by atoms with Gasteiger partial charge in [-0.1, -0.05) is 42.5 Å². The number of nitrogens with zero attached hydrogens (tertiary/aromatic N) is 3. The molecular weight excluding hydrogens is 394 g/mol. The summed E-state index contributed by atoms with van der Waals surface area (Å²) in [6.07, 6.45) is 1.79. The van der Waals surface area contributed by atoms with Gasteiger partial charge in [-0.2, -0.15) is 10.1 Å². The number of nitro groups is 1. The fourth-order valence-electron chi connectivity index (χ4n) is 3.24. The Balaban J connectivity index is 1.74. The van der Waals surface area contributed by atoms with E-state index in [0.29, 0.717) is 23.6 Å². The van der Waals surface area contributed by atoms with E-state index >= 15 is 0 Å². The van der Waals surface area contributed by atoms with Crippen LogP contribution in [-0.4, -0.2) is 23.1 Å². The SMILES string of the molecule is CCOc1ccc(/C=C2/C(=O)N(c3ccc([N+](=O)[O-])cc3)N=C2c2ccccc2)cc1. The van der Waals surface area contributed by atoms with Crippen molar-refractivity contribution in [3.8, 4) is 5.75 Å². The zero-order chi connectivity index (χ0) is 21.8. The molecule has 0 aromatic heterocycles. The van der Waals surface area contributed by atoms with Gasteiger partial charge in [0.25, 0.3) is 11.6 Å². The van der Waals surface area contributed by atoms with E-state index in [1.165, 1.54) is 29.3 Å². The second kappa shape index (κ2) is 8.62. The number of hydrogen-bond donors (Lipinski definition) is 0. The fraction of sp³-hybridized carbons (Fsp3) is 0.0833. The summed E-state index contributed by atoms with van der Waals surface area (Å²) in [7, 11) is 0. The Labute approximate surface area is 179 Å². The zero-order valence-electron chi connectivity index (χ0n) is 16.8. The van der Waals surface area contributed by atoms with Gasteiger partial charge in [0.05, 0.1) is 22.8 Å². The highest BCUT2D eigenvalue weighted by atomic mass is 16.6. The van der Waals surface area contributed by atoms with E-state index in [2.05, 4.69) is 5.10 Å². The monoisotopic (exact) mass is 413 g/mol. The van der Waals surface area contributed by atoms with E-state index in [-0.39, 0.29) is 11.6 Å². The van der Waals surface area contributed by atoms with Crippen molar-refractivity contribution in [1.82, 2.24) is 0 Å². The summed E-state index contributed by atoms with van der Waals surface area (Å²) < 4.78 is 5.48. The van der Waals surface area contributed by atoms with Crippen LogP contribution in [0.4, 0.5) is 11.4 Å². The molecule has 3 aromatic carbocycles. The molecule has 0 bridgehead atoms. The lowest BCUT2D eigenvalue weighted by Gasteiger charge is -2.11. The van der Waals surface area contributed by atoms with Gasteiger partial charge in [0.1, 0.15) is 11.5 Å². The third-order valence-electron chi connectivity index (χ3n) is 4.73. The minimum atomic E-state index is -0.481. The molecule has 0 atom stereocenters. The van der Waals surface area contributed by atoms with Gasteiger partial charge >= 0.3 is 0 Å². The van der Waals surface area contributed by atoms with Gasteiger partial charge in [0, 0.05) is 17.7 Å². The number of ether oxygens (including phenoxy) is 1. The molecule has 0 radical (unpaired) electrons. The largest absolute Gasteiger partial charge is 0.494 e. The van der Waals surface area contributed by atoms with E-state index in [0.717, 1.165) is 16.9 Å². The predicted molar refractivity (Wildman–Crippen MR) is 119 cm³/mol. The molecule has 7 heteroatoms. The Morgan fingerprint density at radius 1 is 1.00 bits per heavy atom. The molecule has 7 nitrogen and oxygen atoms in total. The van der Waals surface area contributed by atoms with Crippen LogP contribution in [0.2, 0.25) is 0 Å². The van der Waals surface area contributed by atoms with E-state index in [1.807, 2.05) is 61.5 Å². The zero-order valence-corrected chi connectivity index (χ0v) is 16.8. The molecule has 0 saturated carbocycles. The van der Waals surface area contributed by atoms with Crippen LogP contribution in [-0.2, 0) is 4.79 Å². The van der Waals surface area contributed by atoms with Crippen molar-refractivity contribution in [2.24, 2.45) is 5.10 Å². The van der Waals surface area contributed by atoms with Gasteiger partial charge in [-0.25, -0.2) is 0 Å². The van der Waals surface area contributed by atoms with Crippen LogP contribution in [0.15, 0.2) is 89.5 Å². The molecule has 0 aliphatic carbocycles. The van der Waals surface area contributed by atoms with E-state index in [1.54, 1.807) is 6.08 Å². The van der Waals surface area contributed by atoms with Crippen molar-refractivity contribution in [3.05, 3.63) is 106 Å². The quantitative estimate of drug-likeness (QED) is 0.329. The maximum absolute atomic E-state index is 13.3. The maximum atomic E-state index is 13.3. The first-order valence-electron chi connectivity index (χ1n) is 9.74. The summed E-state index contributed by atoms with van der Waals surface area (Å²) in [4.78, 5) is 23.7. The van der Waals surface area contributed by atoms with Crippen LogP contribution in [0.5, 0.6) is 5.75 Å². The van der Waals surface area contributed by atoms with Gasteiger partial charge in [0.15, 0.2) is 0 Å². The highest BCUT2D eigenvalue weighted by molar-refractivity contribution is 6.37. The van der Waals surface area contributed by atoms with Crippen molar-refractivity contribution in [1.29, 1.82) is 0 Å². The number of non-ortho nitro benzene ring substituents is 1. The molecular formula is C24H19N3O4. The van der Waals surface area contributed by atoms with Gasteiger partial charge in [-0.05, 0) is 42.8 Å². The number of hydrogen-bond acceptors (Lipinski definition) is 5. The first-order chi connectivity index (χ1) is 15.1. The lowest BCUT2D eigenvalue weighted by molar-refractivity contribution is -0.384. The van der Waals surface area contributed by atoms with E-state index in [4.69, 9.17) is 4.74 Å². The molecule has 1 heterocycles. The van der Waals surface area contributed by atoms with Gasteiger partial charge < -0.3 is 4.74 Å². The molecule has 4 rings (SSSR count). The second-order valence-electron chi connectivity index (χ2n) is 6.77. The van der Waals surface area contributed by atoms with Crippen molar-refractivity contribution in [2.75, 3.05) is 11.6 Å². The van der Waals surface area contributed by atoms with Gasteiger partial charge in [-0.3, -0.25) is 14.9 Å². The average molecular weight is 413 g/mol. The van der Waals surface area contributed by atoms with Gasteiger partial charge in [0.2, 0.25) is 0 Å². The average Bonchev–Trinajstić information content (AvgIpc) is 3.12. The normalized spacial score (nSPS) is 14.6. The summed E-state index contributed by atoms with van der Waals surface area (Å²) in [6.45, 7) is 2.50. The number of rotatable bonds is 6. The topological polar surface area (TPSA) is 85.0 Å². The number of carbonyl (C=O) groups is 1. The maximum Gasteiger partial charge on any atom is 0.281 e. The predicted octanol–water partition coefficient (Wildman–Crippen LogP) is 4.83. The standard InChI is InChI=1S/C24H19N3O4/c1-2-31-21-14-8-17(9-15-21)16-22-23(18-6-4-3-5-7-18)25-26(24(22)28)19-10-12-20(13-11-19)27(29)30/h3-16H,2H2,1H3/b22-16+. The molecule has 154 valence electrons. The Kier molecular flexibility index (Phi) is 5.57. The van der Waals surface area contributed by atoms with E-state index in [9.17, 15) is 14.9 Å². The van der Waals surface area contributed by atoms with Crippen LogP contribution in [0.3, 0.4) is 0 Å². The summed E-state index contributed by atoms with van der Waals surface area (Å²) in [5.74, 6) is 0.452. The Bertz CT molecular complexity index is 1170. The summed E-state index contributed by atoms with van der Waals surface area (Å²) in [5.41, 5.74) is 3.02. The number of hydrazone groups is 1. The Morgan fingerprint density at radius 2 is 1.68 bits per heavy atom. The van der Waals surface area contributed by atoms with E-state index < -0.39 is 4.92 Å². The molecule has 1 aliphatic heterocycles. The Hall–Kier alpha value is -4.26. The Morgan fingerprint density at radius 3 is 2.29 bits per heavy atom. The number of benzene rings is 3. The fourth-order valence-corrected chi connectivity index (χ4v) is 3.24. The first kappa shape index (κ1) is 20.0. The van der Waals surface area contributed by atoms with Crippen LogP contribution in [0.25, 0.3) is 6.08 Å². The lowest BCUT2D eigenvalue weighted by Crippen LogP contribution is -2.21. The molecule has 1 aliphatic rings. The summed E-state index contributed by atoms with van der Waals surface area (Å²) >= 11 is 0. The molecule has 3 aromatic rings. The van der Waals surface area contributed by atoms with Crippen molar-refractivity contribution in [2.45, 2.75) is 6.92 Å². The number of amides is 1. The molecule has 0 N–H and O–H groups in total. The van der Waals surface area contributed by atoms with Crippen LogP contribution in [0, 0.1) is 10.1 Å². The molecule has 0 unspecified atom stereocenters. The van der Waals surface area contributed by atoms with Crippen LogP contribution < -0.4 is 9.75 Å². The highest BCUT2D eigenvalue weighted by Gasteiger charge is 2.32. The number of carbonyl (C=O) groups excluding carboxylic acids is 1. The van der Waals surface area contributed by atoms with Crippen molar-refractivity contribution < 1.29 is 14.5 Å². The third-order valence-corrected chi connectivity index (χ3v) is 4.73. The molecule has 0 saturated heterocycles. The van der Waals surface area contributed by atoms with Crippen LogP contribution >= 0.6 is 0 Å². The molecule has 0 fully saturated rings. The summed E-state index contributed by atoms with van der Waals surface area (Å²) in [5, 5.41) is 16.8.